The molecule has 2 aliphatic heterocycles. The molecule has 2 atom stereocenters. The van der Waals surface area contributed by atoms with Gasteiger partial charge in [-0.2, -0.15) is 0 Å². The molecule has 10 heteroatoms. The topological polar surface area (TPSA) is 117 Å². The van der Waals surface area contributed by atoms with Crippen LogP contribution in [-0.2, 0) is 14.8 Å². The maximum absolute atomic E-state index is 13.3. The maximum atomic E-state index is 13.3. The first-order valence-electron chi connectivity index (χ1n) is 11.4. The van der Waals surface area contributed by atoms with Crippen LogP contribution in [-0.4, -0.2) is 70.9 Å². The molecular weight excluding hydrogens is 458 g/mol. The SMILES string of the molecule is CN(C)CCCCNc1ccccc1S(=O)(=O)Nc1ccc2c(c1C(=O)O)OC[C@H]1OCCC21. The van der Waals surface area contributed by atoms with E-state index in [0.717, 1.165) is 31.4 Å². The molecule has 2 aliphatic rings. The summed E-state index contributed by atoms with van der Waals surface area (Å²) in [6, 6.07) is 9.84. The van der Waals surface area contributed by atoms with Gasteiger partial charge in [0, 0.05) is 24.6 Å². The molecule has 0 aromatic heterocycles. The summed E-state index contributed by atoms with van der Waals surface area (Å²) < 4.78 is 40.5. The van der Waals surface area contributed by atoms with Crippen molar-refractivity contribution in [3.8, 4) is 5.75 Å². The number of sulfonamides is 1. The standard InChI is InChI=1S/C24H31N3O6S/c1-27(2)13-6-5-12-25-18-7-3-4-8-21(18)34(30,31)26-19-10-9-17-16-11-14-32-20(16)15-33-23(17)22(19)24(28)29/h3-4,7-10,16,20,25-26H,5-6,11-15H2,1-2H3,(H,28,29)/t16?,20-/m1/s1. The van der Waals surface area contributed by atoms with Crippen LogP contribution in [0.5, 0.6) is 5.75 Å². The summed E-state index contributed by atoms with van der Waals surface area (Å²) in [5.74, 6) is -0.990. The van der Waals surface area contributed by atoms with Gasteiger partial charge in [0.2, 0.25) is 0 Å². The van der Waals surface area contributed by atoms with E-state index in [-0.39, 0.29) is 40.5 Å². The van der Waals surface area contributed by atoms with Crippen LogP contribution in [0.2, 0.25) is 0 Å². The number of para-hydroxylation sites is 1. The Morgan fingerprint density at radius 2 is 1.94 bits per heavy atom. The van der Waals surface area contributed by atoms with E-state index in [9.17, 15) is 18.3 Å². The number of carbonyl (C=O) groups is 1. The molecule has 1 fully saturated rings. The van der Waals surface area contributed by atoms with E-state index >= 15 is 0 Å². The van der Waals surface area contributed by atoms with Crippen molar-refractivity contribution in [2.45, 2.75) is 36.2 Å². The normalized spacial score (nSPS) is 19.3. The van der Waals surface area contributed by atoms with Crippen LogP contribution in [0.4, 0.5) is 11.4 Å². The summed E-state index contributed by atoms with van der Waals surface area (Å²) in [7, 11) is -0.0407. The molecule has 2 aromatic rings. The Morgan fingerprint density at radius 1 is 1.15 bits per heavy atom. The van der Waals surface area contributed by atoms with Gasteiger partial charge in [-0.1, -0.05) is 18.2 Å². The predicted octanol–water partition coefficient (Wildman–Crippen LogP) is 3.20. The van der Waals surface area contributed by atoms with Crippen LogP contribution in [0.3, 0.4) is 0 Å². The largest absolute Gasteiger partial charge is 0.490 e. The molecule has 0 amide bonds. The lowest BCUT2D eigenvalue weighted by atomic mass is 9.88. The second kappa shape index (κ2) is 10.2. The van der Waals surface area contributed by atoms with Crippen molar-refractivity contribution in [1.82, 2.24) is 4.90 Å². The van der Waals surface area contributed by atoms with E-state index in [1.54, 1.807) is 24.3 Å². The van der Waals surface area contributed by atoms with Crippen LogP contribution >= 0.6 is 0 Å². The van der Waals surface area contributed by atoms with Gasteiger partial charge in [0.15, 0.2) is 0 Å². The zero-order valence-electron chi connectivity index (χ0n) is 19.4. The second-order valence-corrected chi connectivity index (χ2v) is 10.5. The van der Waals surface area contributed by atoms with E-state index in [1.165, 1.54) is 12.1 Å². The van der Waals surface area contributed by atoms with Gasteiger partial charge in [0.1, 0.15) is 22.8 Å². The smallest absolute Gasteiger partial charge is 0.341 e. The number of rotatable bonds is 10. The van der Waals surface area contributed by atoms with E-state index in [1.807, 2.05) is 14.1 Å². The predicted molar refractivity (Wildman–Crippen MR) is 130 cm³/mol. The lowest BCUT2D eigenvalue weighted by molar-refractivity contribution is 0.0484. The number of ether oxygens (including phenoxy) is 2. The number of fused-ring (bicyclic) bond motifs is 3. The highest BCUT2D eigenvalue weighted by molar-refractivity contribution is 7.92. The Labute approximate surface area is 200 Å². The Morgan fingerprint density at radius 3 is 2.71 bits per heavy atom. The molecule has 184 valence electrons. The highest BCUT2D eigenvalue weighted by Gasteiger charge is 2.38. The lowest BCUT2D eigenvalue weighted by Gasteiger charge is -2.29. The highest BCUT2D eigenvalue weighted by Crippen LogP contribution is 2.44. The number of nitrogens with zero attached hydrogens (tertiary/aromatic N) is 1. The second-order valence-electron chi connectivity index (χ2n) is 8.87. The van der Waals surface area contributed by atoms with Crippen molar-refractivity contribution < 1.29 is 27.8 Å². The molecule has 9 nitrogen and oxygen atoms in total. The van der Waals surface area contributed by atoms with Crippen molar-refractivity contribution in [1.29, 1.82) is 0 Å². The molecule has 0 bridgehead atoms. The van der Waals surface area contributed by atoms with Crippen molar-refractivity contribution in [3.63, 3.8) is 0 Å². The fourth-order valence-electron chi connectivity index (χ4n) is 4.50. The minimum Gasteiger partial charge on any atom is -0.490 e. The summed E-state index contributed by atoms with van der Waals surface area (Å²) >= 11 is 0. The van der Waals surface area contributed by atoms with Gasteiger partial charge < -0.3 is 24.8 Å². The lowest BCUT2D eigenvalue weighted by Crippen LogP contribution is -2.29. The molecule has 2 heterocycles. The molecule has 1 unspecified atom stereocenters. The van der Waals surface area contributed by atoms with Crippen LogP contribution in [0, 0.1) is 0 Å². The first-order valence-corrected chi connectivity index (χ1v) is 12.9. The first kappa shape index (κ1) is 24.3. The number of carboxylic acids is 1. The van der Waals surface area contributed by atoms with Crippen LogP contribution in [0.25, 0.3) is 0 Å². The monoisotopic (exact) mass is 489 g/mol. The van der Waals surface area contributed by atoms with Crippen molar-refractivity contribution in [3.05, 3.63) is 47.5 Å². The fourth-order valence-corrected chi connectivity index (χ4v) is 5.76. The zero-order chi connectivity index (χ0) is 24.3. The van der Waals surface area contributed by atoms with Gasteiger partial charge in [0.25, 0.3) is 10.0 Å². The molecule has 34 heavy (non-hydrogen) atoms. The Balaban J connectivity index is 1.58. The van der Waals surface area contributed by atoms with Gasteiger partial charge in [-0.15, -0.1) is 0 Å². The average molecular weight is 490 g/mol. The molecule has 2 aromatic carbocycles. The zero-order valence-corrected chi connectivity index (χ0v) is 20.2. The number of aromatic carboxylic acids is 1. The van der Waals surface area contributed by atoms with Crippen molar-refractivity contribution >= 4 is 27.4 Å². The minimum absolute atomic E-state index is 0.0237. The van der Waals surface area contributed by atoms with Crippen LogP contribution < -0.4 is 14.8 Å². The molecular formula is C24H31N3O6S. The number of unbranched alkanes of at least 4 members (excludes halogenated alkanes) is 1. The number of hydrogen-bond acceptors (Lipinski definition) is 7. The van der Waals surface area contributed by atoms with E-state index < -0.39 is 16.0 Å². The van der Waals surface area contributed by atoms with Crippen molar-refractivity contribution in [2.75, 3.05) is 50.4 Å². The summed E-state index contributed by atoms with van der Waals surface area (Å²) in [5, 5.41) is 13.1. The quantitative estimate of drug-likeness (QED) is 0.436. The highest BCUT2D eigenvalue weighted by atomic mass is 32.2. The Hall–Kier alpha value is -2.82. The van der Waals surface area contributed by atoms with Gasteiger partial charge in [0.05, 0.1) is 17.5 Å². The first-order chi connectivity index (χ1) is 16.3. The molecule has 3 N–H and O–H groups in total. The van der Waals surface area contributed by atoms with Gasteiger partial charge in [-0.05, 0) is 58.1 Å². The number of anilines is 2. The number of carboxylic acid groups (broad SMARTS) is 1. The minimum atomic E-state index is -4.06. The summed E-state index contributed by atoms with van der Waals surface area (Å²) in [6.07, 6.45) is 2.54. The third-order valence-corrected chi connectivity index (χ3v) is 7.60. The molecule has 4 rings (SSSR count). The Kier molecular flexibility index (Phi) is 7.30. The molecule has 0 aliphatic carbocycles. The third-order valence-electron chi connectivity index (χ3n) is 6.17. The molecule has 0 saturated carbocycles. The number of benzene rings is 2. The summed E-state index contributed by atoms with van der Waals surface area (Å²) in [6.45, 7) is 2.41. The number of hydrogen-bond donors (Lipinski definition) is 3. The summed E-state index contributed by atoms with van der Waals surface area (Å²) in [4.78, 5) is 14.3. The van der Waals surface area contributed by atoms with Gasteiger partial charge in [-0.3, -0.25) is 4.72 Å². The van der Waals surface area contributed by atoms with Crippen LogP contribution in [0.1, 0.15) is 41.1 Å². The fraction of sp³-hybridized carbons (Fsp3) is 0.458. The maximum Gasteiger partial charge on any atom is 0.341 e. The van der Waals surface area contributed by atoms with E-state index in [0.29, 0.717) is 18.8 Å². The van der Waals surface area contributed by atoms with E-state index in [4.69, 9.17) is 9.47 Å². The number of nitrogens with one attached hydrogen (secondary N) is 2. The molecule has 1 saturated heterocycles. The molecule has 0 radical (unpaired) electrons. The summed E-state index contributed by atoms with van der Waals surface area (Å²) in [5.41, 5.74) is 1.01. The average Bonchev–Trinajstić information content (AvgIpc) is 3.27. The van der Waals surface area contributed by atoms with E-state index in [2.05, 4.69) is 14.9 Å². The third kappa shape index (κ3) is 5.13. The molecule has 0 spiro atoms. The van der Waals surface area contributed by atoms with Gasteiger partial charge >= 0.3 is 5.97 Å². The van der Waals surface area contributed by atoms with Crippen LogP contribution in [0.15, 0.2) is 41.3 Å². The Bertz CT molecular complexity index is 1150. The van der Waals surface area contributed by atoms with Crippen molar-refractivity contribution in [2.24, 2.45) is 0 Å². The van der Waals surface area contributed by atoms with Gasteiger partial charge in [-0.25, -0.2) is 13.2 Å².